The highest BCUT2D eigenvalue weighted by Crippen LogP contribution is 2.33. The Labute approximate surface area is 255 Å². The van der Waals surface area contributed by atoms with Gasteiger partial charge in [0.2, 0.25) is 17.7 Å². The summed E-state index contributed by atoms with van der Waals surface area (Å²) in [6.07, 6.45) is 11.4. The molecule has 11 nitrogen and oxygen atoms in total. The number of nitrogens with two attached hydrogens (primary N) is 3. The number of carbonyl (C=O) groups is 3. The Morgan fingerprint density at radius 2 is 1.38 bits per heavy atom. The molecule has 0 saturated heterocycles. The van der Waals surface area contributed by atoms with E-state index in [4.69, 9.17) is 28.0 Å². The fourth-order valence-corrected chi connectivity index (χ4v) is 6.29. The summed E-state index contributed by atoms with van der Waals surface area (Å²) >= 11 is 0. The number of primary amides is 1. The summed E-state index contributed by atoms with van der Waals surface area (Å²) in [7, 11) is 0. The minimum atomic E-state index is -0.881. The summed E-state index contributed by atoms with van der Waals surface area (Å²) in [5.41, 5.74) is 18.2. The Balaban J connectivity index is 0.00000616. The van der Waals surface area contributed by atoms with E-state index in [9.17, 15) is 14.4 Å². The smallest absolute Gasteiger partial charge is 0.243 e. The highest BCUT2D eigenvalue weighted by molar-refractivity contribution is 5.95. The molecular formula is C30H49ClN8O3. The van der Waals surface area contributed by atoms with Gasteiger partial charge in [0.25, 0.3) is 0 Å². The quantitative estimate of drug-likeness (QED) is 0.0906. The molecular weight excluding hydrogens is 556 g/mol. The van der Waals surface area contributed by atoms with Gasteiger partial charge in [0.1, 0.15) is 17.9 Å². The molecule has 0 bridgehead atoms. The maximum Gasteiger partial charge on any atom is 0.243 e. The van der Waals surface area contributed by atoms with Gasteiger partial charge >= 0.3 is 0 Å². The van der Waals surface area contributed by atoms with Gasteiger partial charge < -0.3 is 33.2 Å². The van der Waals surface area contributed by atoms with Gasteiger partial charge in [-0.3, -0.25) is 25.2 Å². The molecule has 2 fully saturated rings. The molecule has 42 heavy (non-hydrogen) atoms. The Morgan fingerprint density at radius 3 is 1.90 bits per heavy atom. The Bertz CT molecular complexity index is 1060. The maximum atomic E-state index is 14.0. The van der Waals surface area contributed by atoms with Crippen molar-refractivity contribution in [2.45, 2.75) is 95.6 Å². The fourth-order valence-electron chi connectivity index (χ4n) is 6.29. The van der Waals surface area contributed by atoms with Crippen LogP contribution in [0.15, 0.2) is 24.3 Å². The second kappa shape index (κ2) is 17.6. The van der Waals surface area contributed by atoms with Crippen LogP contribution in [0.4, 0.5) is 0 Å². The van der Waals surface area contributed by atoms with Gasteiger partial charge in [-0.15, -0.1) is 12.4 Å². The average Bonchev–Trinajstić information content (AvgIpc) is 2.96. The molecule has 0 aliphatic heterocycles. The number of carbonyl (C=O) groups excluding carboxylic acids is 3. The lowest BCUT2D eigenvalue weighted by Crippen LogP contribution is -2.57. The zero-order valence-corrected chi connectivity index (χ0v) is 25.3. The lowest BCUT2D eigenvalue weighted by Gasteiger charge is -2.34. The number of hydrogen-bond donors (Lipinski definition) is 8. The number of amidine groups is 1. The molecule has 2 aliphatic carbocycles. The van der Waals surface area contributed by atoms with Crippen molar-refractivity contribution >= 4 is 41.9 Å². The van der Waals surface area contributed by atoms with E-state index in [0.717, 1.165) is 63.4 Å². The molecule has 2 saturated carbocycles. The van der Waals surface area contributed by atoms with Gasteiger partial charge in [0.05, 0.1) is 0 Å². The number of benzene rings is 1. The summed E-state index contributed by atoms with van der Waals surface area (Å²) in [5.74, 6) is -1.37. The largest absolute Gasteiger partial charge is 0.384 e. The zero-order valence-electron chi connectivity index (χ0n) is 24.5. The SMILES string of the molecule is Cl.N=C(N)NCCCC(NC(=O)C(NC(=O)C(Cc1ccc(C(=N)N)cc1)C1CCCCC1)C1CCCCC1)C(N)=O. The van der Waals surface area contributed by atoms with Crippen molar-refractivity contribution in [2.75, 3.05) is 6.54 Å². The van der Waals surface area contributed by atoms with Crippen molar-refractivity contribution in [1.29, 1.82) is 10.8 Å². The van der Waals surface area contributed by atoms with Gasteiger partial charge in [0.15, 0.2) is 5.96 Å². The zero-order chi connectivity index (χ0) is 29.8. The number of guanidine groups is 1. The van der Waals surface area contributed by atoms with Crippen molar-refractivity contribution < 1.29 is 14.4 Å². The molecule has 12 heteroatoms. The summed E-state index contributed by atoms with van der Waals surface area (Å²) in [5, 5.41) is 23.6. The van der Waals surface area contributed by atoms with E-state index in [0.29, 0.717) is 31.4 Å². The third-order valence-corrected chi connectivity index (χ3v) is 8.62. The van der Waals surface area contributed by atoms with E-state index in [2.05, 4.69) is 16.0 Å². The van der Waals surface area contributed by atoms with Crippen molar-refractivity contribution in [1.82, 2.24) is 16.0 Å². The van der Waals surface area contributed by atoms with Crippen molar-refractivity contribution in [2.24, 2.45) is 35.0 Å². The van der Waals surface area contributed by atoms with Crippen molar-refractivity contribution in [3.8, 4) is 0 Å². The number of rotatable bonds is 14. The van der Waals surface area contributed by atoms with Crippen molar-refractivity contribution in [3.05, 3.63) is 35.4 Å². The molecule has 1 aromatic carbocycles. The number of amides is 3. The first kappa shape index (κ1) is 34.9. The summed E-state index contributed by atoms with van der Waals surface area (Å²) < 4.78 is 0. The lowest BCUT2D eigenvalue weighted by molar-refractivity contribution is -0.135. The first-order chi connectivity index (χ1) is 19.7. The predicted octanol–water partition coefficient (Wildman–Crippen LogP) is 2.43. The van der Waals surface area contributed by atoms with E-state index in [1.165, 1.54) is 6.42 Å². The van der Waals surface area contributed by atoms with Crippen LogP contribution in [-0.2, 0) is 20.8 Å². The van der Waals surface area contributed by atoms with Gasteiger partial charge in [-0.25, -0.2) is 0 Å². The Hall–Kier alpha value is -3.34. The number of halogens is 1. The maximum absolute atomic E-state index is 14.0. The van der Waals surface area contributed by atoms with Crippen LogP contribution < -0.4 is 33.2 Å². The first-order valence-electron chi connectivity index (χ1n) is 15.1. The summed E-state index contributed by atoms with van der Waals surface area (Å²) in [6.45, 7) is 0.383. The fraction of sp³-hybridized carbons (Fsp3) is 0.633. The Morgan fingerprint density at radius 1 is 0.810 bits per heavy atom. The number of hydrogen-bond acceptors (Lipinski definition) is 5. The van der Waals surface area contributed by atoms with Crippen LogP contribution in [0.1, 0.15) is 88.2 Å². The van der Waals surface area contributed by atoms with Crippen LogP contribution in [0.3, 0.4) is 0 Å². The molecule has 0 aromatic heterocycles. The normalized spacial score (nSPS) is 18.0. The second-order valence-electron chi connectivity index (χ2n) is 11.6. The molecule has 3 amide bonds. The monoisotopic (exact) mass is 604 g/mol. The van der Waals surface area contributed by atoms with Gasteiger partial charge in [-0.05, 0) is 62.3 Å². The number of nitrogen functional groups attached to an aromatic ring is 1. The van der Waals surface area contributed by atoms with E-state index >= 15 is 0 Å². The molecule has 0 spiro atoms. The van der Waals surface area contributed by atoms with E-state index in [1.54, 1.807) is 0 Å². The third-order valence-electron chi connectivity index (χ3n) is 8.62. The number of nitrogens with one attached hydrogen (secondary N) is 5. The highest BCUT2D eigenvalue weighted by atomic mass is 35.5. The molecule has 0 heterocycles. The summed E-state index contributed by atoms with van der Waals surface area (Å²) in [6, 6.07) is 5.83. The predicted molar refractivity (Wildman–Crippen MR) is 167 cm³/mol. The summed E-state index contributed by atoms with van der Waals surface area (Å²) in [4.78, 5) is 39.8. The second-order valence-corrected chi connectivity index (χ2v) is 11.6. The van der Waals surface area contributed by atoms with Gasteiger partial charge in [0, 0.05) is 18.0 Å². The van der Waals surface area contributed by atoms with Crippen LogP contribution >= 0.6 is 12.4 Å². The van der Waals surface area contributed by atoms with Crippen LogP contribution in [0, 0.1) is 28.6 Å². The standard InChI is InChI=1S/C30H48N8O3.ClH/c31-26(32)22-15-13-19(14-16-22)18-23(20-8-3-1-4-9-20)28(40)38-25(21-10-5-2-6-11-21)29(41)37-24(27(33)39)12-7-17-36-30(34)35;/h13-16,20-21,23-25H,1-12,17-18H2,(H3,31,32)(H2,33,39)(H,37,41)(H,38,40)(H4,34,35,36);1H. The molecule has 3 unspecified atom stereocenters. The Kier molecular flexibility index (Phi) is 14.6. The van der Waals surface area contributed by atoms with E-state index in [1.807, 2.05) is 24.3 Å². The minimum Gasteiger partial charge on any atom is -0.384 e. The van der Waals surface area contributed by atoms with Crippen LogP contribution in [-0.4, -0.2) is 48.1 Å². The van der Waals surface area contributed by atoms with E-state index in [-0.39, 0.29) is 53.8 Å². The van der Waals surface area contributed by atoms with Crippen LogP contribution in [0.5, 0.6) is 0 Å². The van der Waals surface area contributed by atoms with Crippen LogP contribution in [0.25, 0.3) is 0 Å². The third kappa shape index (κ3) is 10.8. The molecule has 234 valence electrons. The van der Waals surface area contributed by atoms with Crippen LogP contribution in [0.2, 0.25) is 0 Å². The molecule has 2 aliphatic rings. The topological polar surface area (TPSA) is 213 Å². The first-order valence-corrected chi connectivity index (χ1v) is 15.1. The molecule has 3 rings (SSSR count). The highest BCUT2D eigenvalue weighted by Gasteiger charge is 2.36. The van der Waals surface area contributed by atoms with E-state index < -0.39 is 18.0 Å². The molecule has 3 atom stereocenters. The minimum absolute atomic E-state index is 0. The molecule has 1 aromatic rings. The van der Waals surface area contributed by atoms with Crippen molar-refractivity contribution in [3.63, 3.8) is 0 Å². The lowest BCUT2D eigenvalue weighted by atomic mass is 9.76. The van der Waals surface area contributed by atoms with Gasteiger partial charge in [-0.1, -0.05) is 62.8 Å². The molecule has 11 N–H and O–H groups in total. The molecule has 0 radical (unpaired) electrons. The van der Waals surface area contributed by atoms with Gasteiger partial charge in [-0.2, -0.15) is 0 Å². The average molecular weight is 605 g/mol.